The molecule has 0 fully saturated rings. The second-order valence-electron chi connectivity index (χ2n) is 5.64. The molecule has 0 spiro atoms. The van der Waals surface area contributed by atoms with Crippen LogP contribution in [0.2, 0.25) is 5.02 Å². The quantitative estimate of drug-likeness (QED) is 0.709. The van der Waals surface area contributed by atoms with Crippen LogP contribution in [0.15, 0.2) is 29.5 Å². The number of rotatable bonds is 2. The van der Waals surface area contributed by atoms with Crippen molar-refractivity contribution in [3.63, 3.8) is 0 Å². The van der Waals surface area contributed by atoms with Crippen molar-refractivity contribution in [2.75, 3.05) is 13.2 Å². The second kappa shape index (κ2) is 5.83. The molecule has 3 heterocycles. The Morgan fingerprint density at radius 1 is 1.29 bits per heavy atom. The number of hydrogen-bond acceptors (Lipinski definition) is 5. The Balaban J connectivity index is 1.73. The number of nitrogens with zero attached hydrogens (tertiary/aromatic N) is 4. The standard InChI is InChI=1S/C16H15ClN4O3/c1-20-15-11(7-19-20)16(22)21(9-18-15)8-10-5-12(17)14-13(6-10)23-3-2-4-24-14/h5-7,9H,2-4,8H2,1H3. The van der Waals surface area contributed by atoms with Gasteiger partial charge in [0.15, 0.2) is 17.1 Å². The van der Waals surface area contributed by atoms with E-state index in [-0.39, 0.29) is 5.56 Å². The van der Waals surface area contributed by atoms with Gasteiger partial charge in [-0.25, -0.2) is 4.98 Å². The molecule has 1 aromatic carbocycles. The van der Waals surface area contributed by atoms with Gasteiger partial charge in [-0.2, -0.15) is 5.10 Å². The number of ether oxygens (including phenoxy) is 2. The summed E-state index contributed by atoms with van der Waals surface area (Å²) >= 11 is 6.30. The summed E-state index contributed by atoms with van der Waals surface area (Å²) < 4.78 is 14.4. The first-order valence-electron chi connectivity index (χ1n) is 7.58. The van der Waals surface area contributed by atoms with Gasteiger partial charge in [0.05, 0.1) is 31.0 Å². The van der Waals surface area contributed by atoms with E-state index in [2.05, 4.69) is 10.1 Å². The molecular weight excluding hydrogens is 332 g/mol. The molecule has 1 aliphatic heterocycles. The predicted molar refractivity (Wildman–Crippen MR) is 88.9 cm³/mol. The van der Waals surface area contributed by atoms with E-state index < -0.39 is 0 Å². The molecule has 24 heavy (non-hydrogen) atoms. The van der Waals surface area contributed by atoms with Crippen molar-refractivity contribution in [3.05, 3.63) is 45.6 Å². The molecule has 0 bridgehead atoms. The van der Waals surface area contributed by atoms with Gasteiger partial charge in [-0.3, -0.25) is 14.0 Å². The highest BCUT2D eigenvalue weighted by atomic mass is 35.5. The zero-order valence-corrected chi connectivity index (χ0v) is 13.8. The van der Waals surface area contributed by atoms with Crippen LogP contribution in [0.1, 0.15) is 12.0 Å². The van der Waals surface area contributed by atoms with Gasteiger partial charge in [0, 0.05) is 13.5 Å². The Kier molecular flexibility index (Phi) is 3.65. The summed E-state index contributed by atoms with van der Waals surface area (Å²) in [7, 11) is 1.75. The number of aryl methyl sites for hydroxylation is 1. The lowest BCUT2D eigenvalue weighted by molar-refractivity contribution is 0.297. The van der Waals surface area contributed by atoms with E-state index in [1.807, 2.05) is 6.07 Å². The van der Waals surface area contributed by atoms with Gasteiger partial charge in [-0.05, 0) is 17.7 Å². The summed E-state index contributed by atoms with van der Waals surface area (Å²) in [6, 6.07) is 3.64. The molecule has 1 aliphatic rings. The highest BCUT2D eigenvalue weighted by Gasteiger charge is 2.16. The maximum Gasteiger partial charge on any atom is 0.264 e. The van der Waals surface area contributed by atoms with Crippen LogP contribution in [-0.4, -0.2) is 32.5 Å². The summed E-state index contributed by atoms with van der Waals surface area (Å²) in [4.78, 5) is 16.9. The number of fused-ring (bicyclic) bond motifs is 2. The number of halogens is 1. The Hall–Kier alpha value is -2.54. The monoisotopic (exact) mass is 346 g/mol. The SMILES string of the molecule is Cn1ncc2c(=O)n(Cc3cc(Cl)c4c(c3)OCCCO4)cnc21. The Bertz CT molecular complexity index is 979. The Morgan fingerprint density at radius 2 is 2.12 bits per heavy atom. The highest BCUT2D eigenvalue weighted by molar-refractivity contribution is 6.32. The molecule has 4 rings (SSSR count). The van der Waals surface area contributed by atoms with Crippen molar-refractivity contribution in [2.24, 2.45) is 7.05 Å². The summed E-state index contributed by atoms with van der Waals surface area (Å²) in [5.41, 5.74) is 1.26. The number of benzene rings is 1. The fourth-order valence-corrected chi connectivity index (χ4v) is 3.04. The van der Waals surface area contributed by atoms with Crippen LogP contribution in [0, 0.1) is 0 Å². The minimum Gasteiger partial charge on any atom is -0.489 e. The van der Waals surface area contributed by atoms with Crippen LogP contribution in [0.4, 0.5) is 0 Å². The molecule has 0 N–H and O–H groups in total. The molecule has 3 aromatic rings. The van der Waals surface area contributed by atoms with E-state index >= 15 is 0 Å². The topological polar surface area (TPSA) is 71.2 Å². The molecule has 0 saturated carbocycles. The molecule has 124 valence electrons. The fraction of sp³-hybridized carbons (Fsp3) is 0.312. The molecule has 8 heteroatoms. The second-order valence-corrected chi connectivity index (χ2v) is 6.05. The smallest absolute Gasteiger partial charge is 0.264 e. The first-order valence-corrected chi connectivity index (χ1v) is 7.96. The van der Waals surface area contributed by atoms with E-state index in [1.54, 1.807) is 17.8 Å². The molecule has 0 radical (unpaired) electrons. The molecule has 0 amide bonds. The van der Waals surface area contributed by atoms with Gasteiger partial charge < -0.3 is 9.47 Å². The molecule has 0 aliphatic carbocycles. The molecule has 2 aromatic heterocycles. The van der Waals surface area contributed by atoms with E-state index in [0.29, 0.717) is 47.3 Å². The third-order valence-corrected chi connectivity index (χ3v) is 4.21. The highest BCUT2D eigenvalue weighted by Crippen LogP contribution is 2.38. The maximum atomic E-state index is 12.6. The molecule has 0 saturated heterocycles. The van der Waals surface area contributed by atoms with Crippen molar-refractivity contribution >= 4 is 22.6 Å². The van der Waals surface area contributed by atoms with Crippen molar-refractivity contribution in [2.45, 2.75) is 13.0 Å². The summed E-state index contributed by atoms with van der Waals surface area (Å²) in [5.74, 6) is 1.17. The lowest BCUT2D eigenvalue weighted by atomic mass is 10.2. The number of aromatic nitrogens is 4. The molecular formula is C16H15ClN4O3. The summed E-state index contributed by atoms with van der Waals surface area (Å²) in [6.45, 7) is 1.50. The van der Waals surface area contributed by atoms with Gasteiger partial charge in [-0.15, -0.1) is 0 Å². The summed E-state index contributed by atoms with van der Waals surface area (Å²) in [5, 5.41) is 5.04. The van der Waals surface area contributed by atoms with Crippen molar-refractivity contribution in [3.8, 4) is 11.5 Å². The third kappa shape index (κ3) is 2.50. The average Bonchev–Trinajstić information content (AvgIpc) is 2.79. The minimum atomic E-state index is -0.142. The summed E-state index contributed by atoms with van der Waals surface area (Å²) in [6.07, 6.45) is 3.85. The van der Waals surface area contributed by atoms with E-state index in [4.69, 9.17) is 21.1 Å². The Labute approximate surface area is 142 Å². The zero-order valence-electron chi connectivity index (χ0n) is 13.0. The van der Waals surface area contributed by atoms with Crippen LogP contribution >= 0.6 is 11.6 Å². The van der Waals surface area contributed by atoms with Crippen LogP contribution in [0.25, 0.3) is 11.0 Å². The van der Waals surface area contributed by atoms with Crippen LogP contribution in [0.3, 0.4) is 0 Å². The fourth-order valence-electron chi connectivity index (χ4n) is 2.75. The first-order chi connectivity index (χ1) is 11.6. The predicted octanol–water partition coefficient (Wildman–Crippen LogP) is 1.99. The first kappa shape index (κ1) is 15.0. The van der Waals surface area contributed by atoms with Crippen LogP contribution in [0.5, 0.6) is 11.5 Å². The minimum absolute atomic E-state index is 0.142. The van der Waals surface area contributed by atoms with Crippen molar-refractivity contribution in [1.82, 2.24) is 19.3 Å². The van der Waals surface area contributed by atoms with Gasteiger partial charge in [0.25, 0.3) is 5.56 Å². The van der Waals surface area contributed by atoms with E-state index in [1.165, 1.54) is 17.1 Å². The molecule has 0 unspecified atom stereocenters. The zero-order chi connectivity index (χ0) is 16.7. The van der Waals surface area contributed by atoms with Gasteiger partial charge in [-0.1, -0.05) is 11.6 Å². The number of hydrogen-bond donors (Lipinski definition) is 0. The Morgan fingerprint density at radius 3 is 3.00 bits per heavy atom. The van der Waals surface area contributed by atoms with Crippen molar-refractivity contribution in [1.29, 1.82) is 0 Å². The normalized spacial score (nSPS) is 13.9. The molecule has 7 nitrogen and oxygen atoms in total. The van der Waals surface area contributed by atoms with Crippen LogP contribution < -0.4 is 15.0 Å². The maximum absolute atomic E-state index is 12.6. The third-order valence-electron chi connectivity index (χ3n) is 3.93. The average molecular weight is 347 g/mol. The largest absolute Gasteiger partial charge is 0.489 e. The van der Waals surface area contributed by atoms with E-state index in [0.717, 1.165) is 12.0 Å². The van der Waals surface area contributed by atoms with E-state index in [9.17, 15) is 4.79 Å². The van der Waals surface area contributed by atoms with Gasteiger partial charge in [0.2, 0.25) is 0 Å². The van der Waals surface area contributed by atoms with Crippen molar-refractivity contribution < 1.29 is 9.47 Å². The lowest BCUT2D eigenvalue weighted by Gasteiger charge is -2.12. The van der Waals surface area contributed by atoms with Gasteiger partial charge in [0.1, 0.15) is 11.7 Å². The van der Waals surface area contributed by atoms with Crippen LogP contribution in [-0.2, 0) is 13.6 Å². The van der Waals surface area contributed by atoms with Gasteiger partial charge >= 0.3 is 0 Å². The molecule has 0 atom stereocenters. The lowest BCUT2D eigenvalue weighted by Crippen LogP contribution is -2.21.